The highest BCUT2D eigenvalue weighted by atomic mass is 32.2. The molecule has 1 atom stereocenters. The van der Waals surface area contributed by atoms with Crippen LogP contribution in [-0.2, 0) is 11.4 Å². The molecule has 4 aromatic rings. The van der Waals surface area contributed by atoms with Crippen LogP contribution in [0.25, 0.3) is 10.8 Å². The van der Waals surface area contributed by atoms with Crippen molar-refractivity contribution in [1.29, 1.82) is 0 Å². The molecule has 1 heterocycles. The van der Waals surface area contributed by atoms with Gasteiger partial charge in [-0.1, -0.05) is 60.3 Å². The average molecular weight is 419 g/mol. The van der Waals surface area contributed by atoms with E-state index >= 15 is 0 Å². The van der Waals surface area contributed by atoms with Gasteiger partial charge in [0.2, 0.25) is 11.1 Å². The molecule has 7 heteroatoms. The molecule has 3 aromatic carbocycles. The highest BCUT2D eigenvalue weighted by Crippen LogP contribution is 2.23. The predicted molar refractivity (Wildman–Crippen MR) is 120 cm³/mol. The Balaban J connectivity index is 1.33. The van der Waals surface area contributed by atoms with Gasteiger partial charge in [0, 0.05) is 5.69 Å². The summed E-state index contributed by atoms with van der Waals surface area (Å²) in [5.41, 5.74) is 1.83. The van der Waals surface area contributed by atoms with E-state index in [9.17, 15) is 4.79 Å². The number of amides is 1. The monoisotopic (exact) mass is 418 g/mol. The third kappa shape index (κ3) is 4.80. The smallest absolute Gasteiger partial charge is 0.237 e. The lowest BCUT2D eigenvalue weighted by Gasteiger charge is -2.11. The third-order valence-electron chi connectivity index (χ3n) is 4.64. The van der Waals surface area contributed by atoms with Crippen LogP contribution in [-0.4, -0.2) is 26.3 Å². The topological polar surface area (TPSA) is 79.9 Å². The van der Waals surface area contributed by atoms with E-state index in [2.05, 4.69) is 20.5 Å². The van der Waals surface area contributed by atoms with Gasteiger partial charge in [-0.3, -0.25) is 9.89 Å². The van der Waals surface area contributed by atoms with Crippen molar-refractivity contribution < 1.29 is 9.53 Å². The Kier molecular flexibility index (Phi) is 5.99. The van der Waals surface area contributed by atoms with Gasteiger partial charge in [-0.05, 0) is 48.4 Å². The van der Waals surface area contributed by atoms with E-state index in [1.165, 1.54) is 11.8 Å². The number of para-hydroxylation sites is 1. The zero-order valence-electron chi connectivity index (χ0n) is 16.8. The van der Waals surface area contributed by atoms with Gasteiger partial charge < -0.3 is 10.1 Å². The first-order valence-corrected chi connectivity index (χ1v) is 10.5. The molecule has 0 spiro atoms. The minimum absolute atomic E-state index is 0.0993. The number of hydrogen-bond acceptors (Lipinski definition) is 5. The molecule has 0 unspecified atom stereocenters. The van der Waals surface area contributed by atoms with Crippen LogP contribution in [0.1, 0.15) is 18.3 Å². The highest BCUT2D eigenvalue weighted by molar-refractivity contribution is 8.00. The number of benzene rings is 3. The number of nitrogens with one attached hydrogen (secondary N) is 2. The summed E-state index contributed by atoms with van der Waals surface area (Å²) < 4.78 is 5.78. The first-order valence-electron chi connectivity index (χ1n) is 9.64. The van der Waals surface area contributed by atoms with Crippen molar-refractivity contribution in [3.05, 3.63) is 78.1 Å². The Morgan fingerprint density at radius 3 is 2.70 bits per heavy atom. The van der Waals surface area contributed by atoms with Crippen LogP contribution >= 0.6 is 11.8 Å². The van der Waals surface area contributed by atoms with Crippen LogP contribution in [0.15, 0.2) is 71.9 Å². The van der Waals surface area contributed by atoms with E-state index in [4.69, 9.17) is 4.74 Å². The van der Waals surface area contributed by atoms with Crippen molar-refractivity contribution in [2.75, 3.05) is 5.32 Å². The van der Waals surface area contributed by atoms with Gasteiger partial charge in [0.15, 0.2) is 5.82 Å². The number of hydrogen-bond donors (Lipinski definition) is 2. The Morgan fingerprint density at radius 1 is 1.10 bits per heavy atom. The summed E-state index contributed by atoms with van der Waals surface area (Å²) in [4.78, 5) is 17.0. The number of aromatic nitrogens is 3. The molecule has 2 N–H and O–H groups in total. The van der Waals surface area contributed by atoms with Crippen LogP contribution in [0, 0.1) is 6.92 Å². The van der Waals surface area contributed by atoms with Gasteiger partial charge >= 0.3 is 0 Å². The molecule has 0 aliphatic carbocycles. The van der Waals surface area contributed by atoms with Crippen molar-refractivity contribution in [2.24, 2.45) is 0 Å². The van der Waals surface area contributed by atoms with Crippen molar-refractivity contribution >= 4 is 34.1 Å². The van der Waals surface area contributed by atoms with Crippen molar-refractivity contribution in [3.8, 4) is 5.75 Å². The first kappa shape index (κ1) is 20.0. The van der Waals surface area contributed by atoms with Gasteiger partial charge in [-0.2, -0.15) is 0 Å². The normalized spacial score (nSPS) is 11.9. The second-order valence-electron chi connectivity index (χ2n) is 6.93. The second kappa shape index (κ2) is 9.00. The molecular formula is C23H22N4O2S. The molecule has 0 saturated carbocycles. The zero-order valence-corrected chi connectivity index (χ0v) is 17.6. The minimum atomic E-state index is -0.350. The van der Waals surface area contributed by atoms with Gasteiger partial charge in [0.25, 0.3) is 0 Å². The lowest BCUT2D eigenvalue weighted by Crippen LogP contribution is -2.22. The molecule has 1 aromatic heterocycles. The lowest BCUT2D eigenvalue weighted by molar-refractivity contribution is -0.115. The Morgan fingerprint density at radius 2 is 1.87 bits per heavy atom. The average Bonchev–Trinajstić information content (AvgIpc) is 3.20. The molecule has 6 nitrogen and oxygen atoms in total. The fourth-order valence-electron chi connectivity index (χ4n) is 2.98. The van der Waals surface area contributed by atoms with E-state index < -0.39 is 0 Å². The number of aromatic amines is 1. The van der Waals surface area contributed by atoms with E-state index in [0.717, 1.165) is 27.8 Å². The fraction of sp³-hybridized carbons (Fsp3) is 0.174. The molecule has 30 heavy (non-hydrogen) atoms. The maximum Gasteiger partial charge on any atom is 0.237 e. The quantitative estimate of drug-likeness (QED) is 0.415. The fourth-order valence-corrected chi connectivity index (χ4v) is 3.73. The summed E-state index contributed by atoms with van der Waals surface area (Å²) in [7, 11) is 0. The summed E-state index contributed by atoms with van der Waals surface area (Å²) in [6.45, 7) is 4.11. The summed E-state index contributed by atoms with van der Waals surface area (Å²) in [5.74, 6) is 1.33. The largest absolute Gasteiger partial charge is 0.485 e. The molecule has 1 amide bonds. The number of H-pyrrole nitrogens is 1. The number of nitrogens with zero attached hydrogens (tertiary/aromatic N) is 2. The predicted octanol–water partition coefficient (Wildman–Crippen LogP) is 4.96. The SMILES string of the molecule is Cc1ccccc1OCc1nc(S[C@@H](C)C(=O)Nc2ccc3ccccc3c2)n[nH]1. The molecule has 0 saturated heterocycles. The Labute approximate surface area is 179 Å². The molecule has 0 aliphatic rings. The first-order chi connectivity index (χ1) is 14.6. The number of aryl methyl sites for hydroxylation is 1. The van der Waals surface area contributed by atoms with Gasteiger partial charge in [0.1, 0.15) is 12.4 Å². The zero-order chi connectivity index (χ0) is 20.9. The number of anilines is 1. The van der Waals surface area contributed by atoms with Crippen LogP contribution in [0.4, 0.5) is 5.69 Å². The van der Waals surface area contributed by atoms with Gasteiger partial charge in [-0.25, -0.2) is 4.98 Å². The summed E-state index contributed by atoms with van der Waals surface area (Å²) in [6, 6.07) is 21.7. The van der Waals surface area contributed by atoms with Crippen molar-refractivity contribution in [2.45, 2.75) is 30.9 Å². The van der Waals surface area contributed by atoms with Crippen LogP contribution in [0.2, 0.25) is 0 Å². The number of fused-ring (bicyclic) bond motifs is 1. The standard InChI is InChI=1S/C23H22N4O2S/c1-15-7-3-6-10-20(15)29-14-21-25-23(27-26-21)30-16(2)22(28)24-19-12-11-17-8-4-5-9-18(17)13-19/h3-13,16H,14H2,1-2H3,(H,24,28)(H,25,26,27)/t16-/m0/s1. The van der Waals surface area contributed by atoms with Crippen LogP contribution < -0.4 is 10.1 Å². The lowest BCUT2D eigenvalue weighted by atomic mass is 10.1. The molecule has 0 bridgehead atoms. The van der Waals surface area contributed by atoms with E-state index in [0.29, 0.717) is 11.0 Å². The van der Waals surface area contributed by atoms with Crippen LogP contribution in [0.3, 0.4) is 0 Å². The number of thioether (sulfide) groups is 1. The van der Waals surface area contributed by atoms with Crippen molar-refractivity contribution in [3.63, 3.8) is 0 Å². The van der Waals surface area contributed by atoms with Crippen molar-refractivity contribution in [1.82, 2.24) is 15.2 Å². The second-order valence-corrected chi connectivity index (χ2v) is 8.24. The number of rotatable bonds is 7. The molecular weight excluding hydrogens is 396 g/mol. The Hall–Kier alpha value is -3.32. The molecule has 0 fully saturated rings. The maximum atomic E-state index is 12.6. The number of carbonyl (C=O) groups excluding carboxylic acids is 1. The molecule has 0 radical (unpaired) electrons. The summed E-state index contributed by atoms with van der Waals surface area (Å²) in [6.07, 6.45) is 0. The van der Waals surface area contributed by atoms with E-state index in [1.54, 1.807) is 0 Å². The van der Waals surface area contributed by atoms with Gasteiger partial charge in [-0.15, -0.1) is 5.10 Å². The molecule has 0 aliphatic heterocycles. The number of carbonyl (C=O) groups is 1. The van der Waals surface area contributed by atoms with E-state index in [-0.39, 0.29) is 17.8 Å². The highest BCUT2D eigenvalue weighted by Gasteiger charge is 2.17. The molecule has 4 rings (SSSR count). The maximum absolute atomic E-state index is 12.6. The van der Waals surface area contributed by atoms with E-state index in [1.807, 2.05) is 80.6 Å². The summed E-state index contributed by atoms with van der Waals surface area (Å²) >= 11 is 1.30. The minimum Gasteiger partial charge on any atom is -0.485 e. The third-order valence-corrected chi connectivity index (χ3v) is 5.60. The van der Waals surface area contributed by atoms with Crippen LogP contribution in [0.5, 0.6) is 5.75 Å². The van der Waals surface area contributed by atoms with Gasteiger partial charge in [0.05, 0.1) is 5.25 Å². The summed E-state index contributed by atoms with van der Waals surface area (Å²) in [5, 5.41) is 12.4. The Bertz CT molecular complexity index is 1170. The molecule has 152 valence electrons. The number of ether oxygens (including phenoxy) is 1.